The lowest BCUT2D eigenvalue weighted by Gasteiger charge is -2.32. The van der Waals surface area contributed by atoms with Crippen molar-refractivity contribution in [2.24, 2.45) is 11.8 Å². The average Bonchev–Trinajstić information content (AvgIpc) is 3.39. The van der Waals surface area contributed by atoms with E-state index in [9.17, 15) is 14.9 Å². The first-order valence-corrected chi connectivity index (χ1v) is 8.54. The van der Waals surface area contributed by atoms with Gasteiger partial charge in [0.15, 0.2) is 17.5 Å². The summed E-state index contributed by atoms with van der Waals surface area (Å²) in [5.41, 5.74) is 1.50. The smallest absolute Gasteiger partial charge is 0.225 e. The molecule has 6 heteroatoms. The summed E-state index contributed by atoms with van der Waals surface area (Å²) < 4.78 is 0. The van der Waals surface area contributed by atoms with E-state index in [-0.39, 0.29) is 29.4 Å². The van der Waals surface area contributed by atoms with Gasteiger partial charge in [0.25, 0.3) is 0 Å². The predicted octanol–water partition coefficient (Wildman–Crippen LogP) is 1.92. The van der Waals surface area contributed by atoms with E-state index in [1.54, 1.807) is 4.90 Å². The summed E-state index contributed by atoms with van der Waals surface area (Å²) in [6.07, 6.45) is 3.45. The van der Waals surface area contributed by atoms with Crippen LogP contribution in [0, 0.1) is 37.0 Å². The van der Waals surface area contributed by atoms with Crippen LogP contribution in [0.3, 0.4) is 0 Å². The van der Waals surface area contributed by atoms with Crippen molar-refractivity contribution in [1.82, 2.24) is 14.9 Å². The predicted molar refractivity (Wildman–Crippen MR) is 86.9 cm³/mol. The lowest BCUT2D eigenvalue weighted by Crippen LogP contribution is -2.44. The Kier molecular flexibility index (Phi) is 4.61. The molecule has 0 aromatic carbocycles. The van der Waals surface area contributed by atoms with E-state index >= 15 is 0 Å². The van der Waals surface area contributed by atoms with E-state index < -0.39 is 5.92 Å². The van der Waals surface area contributed by atoms with Crippen molar-refractivity contribution in [3.05, 3.63) is 23.3 Å². The molecule has 1 saturated heterocycles. The van der Waals surface area contributed by atoms with E-state index in [0.717, 1.165) is 43.6 Å². The molecule has 2 aliphatic rings. The van der Waals surface area contributed by atoms with Gasteiger partial charge in [-0.3, -0.25) is 9.59 Å². The fourth-order valence-corrected chi connectivity index (χ4v) is 3.36. The molecule has 1 aromatic heterocycles. The Bertz CT molecular complexity index is 685. The van der Waals surface area contributed by atoms with Gasteiger partial charge in [0.2, 0.25) is 5.91 Å². The summed E-state index contributed by atoms with van der Waals surface area (Å²) in [6, 6.07) is 3.89. The molecule has 1 aliphatic heterocycles. The second-order valence-corrected chi connectivity index (χ2v) is 6.87. The van der Waals surface area contributed by atoms with E-state index in [2.05, 4.69) is 16.0 Å². The monoisotopic (exact) mass is 326 g/mol. The molecule has 0 N–H and O–H groups in total. The molecule has 2 unspecified atom stereocenters. The Morgan fingerprint density at radius 3 is 2.46 bits per heavy atom. The number of hydrogen-bond acceptors (Lipinski definition) is 5. The maximum Gasteiger partial charge on any atom is 0.225 e. The van der Waals surface area contributed by atoms with E-state index in [1.807, 2.05) is 19.9 Å². The summed E-state index contributed by atoms with van der Waals surface area (Å²) in [7, 11) is 0. The molecule has 2 heterocycles. The number of rotatable bonds is 4. The maximum absolute atomic E-state index is 12.9. The van der Waals surface area contributed by atoms with Crippen molar-refractivity contribution >= 4 is 11.7 Å². The molecule has 126 valence electrons. The van der Waals surface area contributed by atoms with Crippen molar-refractivity contribution in [1.29, 1.82) is 5.26 Å². The molecule has 2 fully saturated rings. The summed E-state index contributed by atoms with van der Waals surface area (Å²) in [4.78, 5) is 35.5. The number of amides is 1. The Balaban J connectivity index is 1.75. The highest BCUT2D eigenvalue weighted by Gasteiger charge is 2.38. The first-order valence-electron chi connectivity index (χ1n) is 8.54. The Morgan fingerprint density at radius 1 is 1.21 bits per heavy atom. The van der Waals surface area contributed by atoms with Crippen molar-refractivity contribution in [3.8, 4) is 6.07 Å². The Morgan fingerprint density at radius 2 is 1.88 bits per heavy atom. The van der Waals surface area contributed by atoms with Crippen LogP contribution in [0.4, 0.5) is 0 Å². The van der Waals surface area contributed by atoms with Crippen LogP contribution >= 0.6 is 0 Å². The van der Waals surface area contributed by atoms with Gasteiger partial charge in [-0.15, -0.1) is 0 Å². The van der Waals surface area contributed by atoms with E-state index in [0.29, 0.717) is 6.54 Å². The third kappa shape index (κ3) is 3.45. The van der Waals surface area contributed by atoms with Gasteiger partial charge >= 0.3 is 0 Å². The van der Waals surface area contributed by atoms with Crippen molar-refractivity contribution in [2.45, 2.75) is 45.4 Å². The van der Waals surface area contributed by atoms with Gasteiger partial charge in [0.05, 0.1) is 6.07 Å². The fraction of sp³-hybridized carbons (Fsp3) is 0.611. The number of nitriles is 1. The van der Waals surface area contributed by atoms with Crippen LogP contribution in [-0.4, -0.2) is 39.6 Å². The molecule has 0 spiro atoms. The molecule has 0 bridgehead atoms. The van der Waals surface area contributed by atoms with Crippen molar-refractivity contribution in [3.63, 3.8) is 0 Å². The molecule has 1 aliphatic carbocycles. The second kappa shape index (κ2) is 6.68. The van der Waals surface area contributed by atoms with Gasteiger partial charge in [-0.05, 0) is 45.6 Å². The largest absolute Gasteiger partial charge is 0.342 e. The zero-order valence-corrected chi connectivity index (χ0v) is 14.2. The highest BCUT2D eigenvalue weighted by molar-refractivity contribution is 5.90. The fourth-order valence-electron chi connectivity index (χ4n) is 3.36. The molecule has 3 rings (SSSR count). The van der Waals surface area contributed by atoms with Crippen LogP contribution in [0.5, 0.6) is 0 Å². The first kappa shape index (κ1) is 16.6. The quantitative estimate of drug-likeness (QED) is 0.843. The SMILES string of the molecule is Cc1cc(C)nc(C(C#N)C(=O)C2CCCN(C(=O)C3CC3)C2)n1. The van der Waals surface area contributed by atoms with Crippen molar-refractivity contribution < 1.29 is 9.59 Å². The van der Waals surface area contributed by atoms with Crippen LogP contribution in [0.25, 0.3) is 0 Å². The minimum atomic E-state index is -0.954. The third-order valence-electron chi connectivity index (χ3n) is 4.73. The maximum atomic E-state index is 12.9. The number of ketones is 1. The molecule has 1 aromatic rings. The summed E-state index contributed by atoms with van der Waals surface area (Å²) in [5.74, 6) is -0.793. The number of nitrogens with zero attached hydrogens (tertiary/aromatic N) is 4. The lowest BCUT2D eigenvalue weighted by atomic mass is 9.86. The van der Waals surface area contributed by atoms with Crippen LogP contribution in [0.1, 0.15) is 48.8 Å². The average molecular weight is 326 g/mol. The number of aromatic nitrogens is 2. The number of likely N-dealkylation sites (tertiary alicyclic amines) is 1. The molecule has 6 nitrogen and oxygen atoms in total. The van der Waals surface area contributed by atoms with Crippen LogP contribution in [0.15, 0.2) is 6.07 Å². The molecule has 0 radical (unpaired) electrons. The minimum absolute atomic E-state index is 0.157. The van der Waals surface area contributed by atoms with Gasteiger partial charge < -0.3 is 4.90 Å². The van der Waals surface area contributed by atoms with Gasteiger partial charge in [0.1, 0.15) is 0 Å². The molecule has 1 amide bonds. The lowest BCUT2D eigenvalue weighted by molar-refractivity contribution is -0.136. The summed E-state index contributed by atoms with van der Waals surface area (Å²) in [5, 5.41) is 9.50. The van der Waals surface area contributed by atoms with Crippen molar-refractivity contribution in [2.75, 3.05) is 13.1 Å². The highest BCUT2D eigenvalue weighted by atomic mass is 16.2. The zero-order chi connectivity index (χ0) is 17.3. The van der Waals surface area contributed by atoms with Crippen LogP contribution in [0.2, 0.25) is 0 Å². The number of carbonyl (C=O) groups excluding carboxylic acids is 2. The summed E-state index contributed by atoms with van der Waals surface area (Å²) >= 11 is 0. The van der Waals surface area contributed by atoms with E-state index in [1.165, 1.54) is 0 Å². The number of piperidine rings is 1. The molecule has 24 heavy (non-hydrogen) atoms. The number of carbonyl (C=O) groups is 2. The summed E-state index contributed by atoms with van der Waals surface area (Å²) in [6.45, 7) is 4.80. The topological polar surface area (TPSA) is 87.0 Å². The molecule has 2 atom stereocenters. The minimum Gasteiger partial charge on any atom is -0.342 e. The van der Waals surface area contributed by atoms with Gasteiger partial charge in [-0.2, -0.15) is 5.26 Å². The van der Waals surface area contributed by atoms with Gasteiger partial charge in [-0.1, -0.05) is 0 Å². The van der Waals surface area contributed by atoms with Crippen LogP contribution in [-0.2, 0) is 9.59 Å². The van der Waals surface area contributed by atoms with Crippen LogP contribution < -0.4 is 0 Å². The van der Waals surface area contributed by atoms with E-state index in [4.69, 9.17) is 0 Å². The normalized spacial score (nSPS) is 21.9. The Hall–Kier alpha value is -2.29. The Labute approximate surface area is 141 Å². The number of hydrogen-bond donors (Lipinski definition) is 0. The zero-order valence-electron chi connectivity index (χ0n) is 14.2. The van der Waals surface area contributed by atoms with Gasteiger partial charge in [-0.25, -0.2) is 9.97 Å². The first-order chi connectivity index (χ1) is 11.5. The highest BCUT2D eigenvalue weighted by Crippen LogP contribution is 2.33. The number of aryl methyl sites for hydroxylation is 2. The third-order valence-corrected chi connectivity index (χ3v) is 4.73. The molecular weight excluding hydrogens is 304 g/mol. The standard InChI is InChI=1S/C18H22N4O2/c1-11-8-12(2)21-17(20-11)15(9-19)16(23)14-4-3-7-22(10-14)18(24)13-5-6-13/h8,13-15H,3-7,10H2,1-2H3. The molecule has 1 saturated carbocycles. The second-order valence-electron chi connectivity index (χ2n) is 6.87. The molecular formula is C18H22N4O2. The number of Topliss-reactive ketones (excluding diaryl/α,β-unsaturated/α-hetero) is 1. The van der Waals surface area contributed by atoms with Gasteiger partial charge in [0, 0.05) is 36.3 Å².